The summed E-state index contributed by atoms with van der Waals surface area (Å²) in [7, 11) is 0. The second kappa shape index (κ2) is 8.33. The Kier molecular flexibility index (Phi) is 7.37. The summed E-state index contributed by atoms with van der Waals surface area (Å²) >= 11 is 0. The van der Waals surface area contributed by atoms with Gasteiger partial charge in [-0.05, 0) is 62.6 Å². The second-order valence-corrected chi connectivity index (χ2v) is 9.38. The number of rotatable bonds is 6. The third-order valence-corrected chi connectivity index (χ3v) is 4.53. The van der Waals surface area contributed by atoms with Crippen molar-refractivity contribution in [3.8, 4) is 0 Å². The Bertz CT molecular complexity index is 330. The van der Waals surface area contributed by atoms with E-state index in [1.165, 1.54) is 19.4 Å². The van der Waals surface area contributed by atoms with Crippen molar-refractivity contribution in [3.63, 3.8) is 0 Å². The number of nitrogens with one attached hydrogen (secondary N) is 1. The first-order valence-electron chi connectivity index (χ1n) is 9.07. The van der Waals surface area contributed by atoms with Gasteiger partial charge in [0.25, 0.3) is 0 Å². The first-order valence-corrected chi connectivity index (χ1v) is 9.07. The zero-order valence-electron chi connectivity index (χ0n) is 15.8. The molecule has 0 radical (unpaired) electrons. The van der Waals surface area contributed by atoms with Gasteiger partial charge in [-0.1, -0.05) is 41.5 Å². The molecule has 1 aliphatic heterocycles. The van der Waals surface area contributed by atoms with Crippen LogP contribution in [-0.4, -0.2) is 37.0 Å². The quantitative estimate of drug-likeness (QED) is 0.802. The minimum Gasteiger partial charge on any atom is -0.356 e. The van der Waals surface area contributed by atoms with Crippen molar-refractivity contribution in [2.75, 3.05) is 26.2 Å². The molecule has 3 nitrogen and oxygen atoms in total. The van der Waals surface area contributed by atoms with Crippen LogP contribution in [0.1, 0.15) is 73.6 Å². The van der Waals surface area contributed by atoms with Crippen molar-refractivity contribution in [1.29, 1.82) is 0 Å². The molecule has 1 N–H and O–H groups in total. The van der Waals surface area contributed by atoms with Crippen LogP contribution in [0.3, 0.4) is 0 Å². The van der Waals surface area contributed by atoms with E-state index in [4.69, 9.17) is 0 Å². The molecular formula is C19H38N2O. The number of amides is 1. The van der Waals surface area contributed by atoms with Crippen LogP contribution in [0.4, 0.5) is 0 Å². The van der Waals surface area contributed by atoms with Gasteiger partial charge in [0.15, 0.2) is 0 Å². The maximum atomic E-state index is 12.2. The Morgan fingerprint density at radius 3 is 2.05 bits per heavy atom. The average Bonchev–Trinajstić information content (AvgIpc) is 2.36. The molecule has 0 aromatic rings. The van der Waals surface area contributed by atoms with E-state index in [-0.39, 0.29) is 11.8 Å². The molecule has 1 heterocycles. The van der Waals surface area contributed by atoms with Crippen molar-refractivity contribution in [3.05, 3.63) is 0 Å². The van der Waals surface area contributed by atoms with Gasteiger partial charge in [0.2, 0.25) is 5.91 Å². The highest BCUT2D eigenvalue weighted by Crippen LogP contribution is 2.23. The zero-order valence-corrected chi connectivity index (χ0v) is 15.8. The predicted molar refractivity (Wildman–Crippen MR) is 94.9 cm³/mol. The Balaban J connectivity index is 2.17. The highest BCUT2D eigenvalue weighted by atomic mass is 16.1. The predicted octanol–water partition coefficient (Wildman–Crippen LogP) is 4.08. The van der Waals surface area contributed by atoms with Gasteiger partial charge >= 0.3 is 0 Å². The molecule has 0 atom stereocenters. The van der Waals surface area contributed by atoms with Crippen LogP contribution in [0.5, 0.6) is 0 Å². The van der Waals surface area contributed by atoms with E-state index in [1.807, 2.05) is 0 Å². The fraction of sp³-hybridized carbons (Fsp3) is 0.947. The molecule has 0 aromatic carbocycles. The maximum Gasteiger partial charge on any atom is 0.223 e. The number of likely N-dealkylation sites (tertiary alicyclic amines) is 1. The van der Waals surface area contributed by atoms with Crippen molar-refractivity contribution < 1.29 is 4.79 Å². The average molecular weight is 311 g/mol. The molecule has 130 valence electrons. The first-order chi connectivity index (χ1) is 10.1. The first kappa shape index (κ1) is 19.5. The summed E-state index contributed by atoms with van der Waals surface area (Å²) in [6.45, 7) is 17.7. The lowest BCUT2D eigenvalue weighted by molar-refractivity contribution is -0.126. The van der Waals surface area contributed by atoms with Crippen molar-refractivity contribution >= 4 is 5.91 Å². The van der Waals surface area contributed by atoms with Crippen molar-refractivity contribution in [2.45, 2.75) is 73.6 Å². The molecule has 1 rings (SSSR count). The summed E-state index contributed by atoms with van der Waals surface area (Å²) in [4.78, 5) is 14.7. The van der Waals surface area contributed by atoms with Gasteiger partial charge in [-0.2, -0.15) is 0 Å². The highest BCUT2D eigenvalue weighted by Gasteiger charge is 2.25. The van der Waals surface area contributed by atoms with Gasteiger partial charge in [-0.15, -0.1) is 0 Å². The van der Waals surface area contributed by atoms with E-state index in [0.29, 0.717) is 10.8 Å². The summed E-state index contributed by atoms with van der Waals surface area (Å²) in [6, 6.07) is 0. The summed E-state index contributed by atoms with van der Waals surface area (Å²) in [5.41, 5.74) is 0.731. The number of nitrogens with zero attached hydrogens (tertiary/aromatic N) is 1. The number of hydrogen-bond acceptors (Lipinski definition) is 2. The van der Waals surface area contributed by atoms with Gasteiger partial charge in [0.05, 0.1) is 0 Å². The molecule has 3 heteroatoms. The molecule has 0 saturated carbocycles. The lowest BCUT2D eigenvalue weighted by Crippen LogP contribution is -2.41. The Morgan fingerprint density at radius 2 is 1.55 bits per heavy atom. The molecule has 1 amide bonds. The third-order valence-electron chi connectivity index (χ3n) is 4.53. The third kappa shape index (κ3) is 8.77. The van der Waals surface area contributed by atoms with E-state index in [2.05, 4.69) is 51.8 Å². The molecule has 1 saturated heterocycles. The lowest BCUT2D eigenvalue weighted by Gasteiger charge is -2.32. The maximum absolute atomic E-state index is 12.2. The highest BCUT2D eigenvalue weighted by molar-refractivity contribution is 5.78. The topological polar surface area (TPSA) is 32.3 Å². The molecule has 1 fully saturated rings. The Hall–Kier alpha value is -0.570. The number of hydrogen-bond donors (Lipinski definition) is 1. The van der Waals surface area contributed by atoms with Crippen LogP contribution >= 0.6 is 0 Å². The fourth-order valence-electron chi connectivity index (χ4n) is 2.96. The molecule has 1 aliphatic rings. The summed E-state index contributed by atoms with van der Waals surface area (Å²) < 4.78 is 0. The van der Waals surface area contributed by atoms with Crippen LogP contribution in [-0.2, 0) is 4.79 Å². The van der Waals surface area contributed by atoms with E-state index in [0.717, 1.165) is 38.9 Å². The number of carbonyl (C=O) groups is 1. The Labute approximate surface area is 138 Å². The smallest absolute Gasteiger partial charge is 0.223 e. The van der Waals surface area contributed by atoms with Crippen molar-refractivity contribution in [2.24, 2.45) is 16.7 Å². The van der Waals surface area contributed by atoms with Crippen LogP contribution < -0.4 is 5.32 Å². The molecule has 0 bridgehead atoms. The van der Waals surface area contributed by atoms with Gasteiger partial charge < -0.3 is 10.2 Å². The largest absolute Gasteiger partial charge is 0.356 e. The molecule has 0 unspecified atom stereocenters. The van der Waals surface area contributed by atoms with E-state index in [1.54, 1.807) is 0 Å². The van der Waals surface area contributed by atoms with E-state index < -0.39 is 0 Å². The van der Waals surface area contributed by atoms with Crippen LogP contribution in [0.25, 0.3) is 0 Å². The lowest BCUT2D eigenvalue weighted by atomic mass is 9.90. The zero-order chi connectivity index (χ0) is 16.8. The van der Waals surface area contributed by atoms with Gasteiger partial charge in [-0.3, -0.25) is 4.79 Å². The monoisotopic (exact) mass is 310 g/mol. The summed E-state index contributed by atoms with van der Waals surface area (Å²) in [5.74, 6) is 0.512. The summed E-state index contributed by atoms with van der Waals surface area (Å²) in [5, 5.41) is 3.13. The fourth-order valence-corrected chi connectivity index (χ4v) is 2.96. The summed E-state index contributed by atoms with van der Waals surface area (Å²) in [6.07, 6.45) is 5.64. The van der Waals surface area contributed by atoms with E-state index >= 15 is 0 Å². The molecule has 0 aromatic heterocycles. The standard InChI is InChI=1S/C19H38N2O/c1-18(2,3)10-7-13-21-14-8-16(9-15-21)17(22)20-12-11-19(4,5)6/h16H,7-15H2,1-6H3,(H,20,22). The number of piperidine rings is 1. The van der Waals surface area contributed by atoms with Gasteiger partial charge in [0, 0.05) is 12.5 Å². The van der Waals surface area contributed by atoms with Crippen molar-refractivity contribution in [1.82, 2.24) is 10.2 Å². The van der Waals surface area contributed by atoms with Crippen LogP contribution in [0.15, 0.2) is 0 Å². The second-order valence-electron chi connectivity index (χ2n) is 9.38. The minimum absolute atomic E-state index is 0.235. The van der Waals surface area contributed by atoms with Gasteiger partial charge in [0.1, 0.15) is 0 Å². The normalized spacial score (nSPS) is 18.5. The van der Waals surface area contributed by atoms with Crippen LogP contribution in [0.2, 0.25) is 0 Å². The number of carbonyl (C=O) groups excluding carboxylic acids is 1. The minimum atomic E-state index is 0.235. The van der Waals surface area contributed by atoms with Crippen LogP contribution in [0, 0.1) is 16.7 Å². The van der Waals surface area contributed by atoms with E-state index in [9.17, 15) is 4.79 Å². The molecular weight excluding hydrogens is 272 g/mol. The molecule has 0 aliphatic carbocycles. The molecule has 22 heavy (non-hydrogen) atoms. The molecule has 0 spiro atoms. The SMILES string of the molecule is CC(C)(C)CCCN1CCC(C(=O)NCCC(C)(C)C)CC1. The van der Waals surface area contributed by atoms with Gasteiger partial charge in [-0.25, -0.2) is 0 Å². The Morgan fingerprint density at radius 1 is 1.00 bits per heavy atom.